The van der Waals surface area contributed by atoms with Crippen LogP contribution in [0.5, 0.6) is 0 Å². The Labute approximate surface area is 64.5 Å². The standard InChI is InChI=1S/C6H7N3S/c10-5-7-4-6-2-1-3-8-9-6/h1-3,5H,4H2,(H,7,10). The van der Waals surface area contributed by atoms with E-state index in [0.29, 0.717) is 6.54 Å². The maximum absolute atomic E-state index is 4.57. The van der Waals surface area contributed by atoms with Gasteiger partial charge in [-0.3, -0.25) is 0 Å². The first-order chi connectivity index (χ1) is 4.93. The number of rotatable bonds is 3. The van der Waals surface area contributed by atoms with Crippen LogP contribution in [0.1, 0.15) is 5.69 Å². The van der Waals surface area contributed by atoms with Gasteiger partial charge in [0.05, 0.1) is 17.7 Å². The summed E-state index contributed by atoms with van der Waals surface area (Å²) in [7, 11) is 0. The Hall–Kier alpha value is -1.03. The van der Waals surface area contributed by atoms with Gasteiger partial charge in [0.25, 0.3) is 0 Å². The van der Waals surface area contributed by atoms with Gasteiger partial charge in [0, 0.05) is 6.20 Å². The molecule has 1 aromatic heterocycles. The highest BCUT2D eigenvalue weighted by Gasteiger charge is 1.87. The van der Waals surface area contributed by atoms with Gasteiger partial charge in [0.15, 0.2) is 0 Å². The van der Waals surface area contributed by atoms with Gasteiger partial charge in [-0.15, -0.1) is 0 Å². The van der Waals surface area contributed by atoms with E-state index < -0.39 is 0 Å². The molecule has 3 nitrogen and oxygen atoms in total. The molecule has 0 bridgehead atoms. The molecule has 1 aromatic rings. The van der Waals surface area contributed by atoms with E-state index in [4.69, 9.17) is 0 Å². The predicted octanol–water partition coefficient (Wildman–Crippen LogP) is 0.523. The van der Waals surface area contributed by atoms with E-state index in [2.05, 4.69) is 27.7 Å². The summed E-state index contributed by atoms with van der Waals surface area (Å²) in [6, 6.07) is 3.73. The van der Waals surface area contributed by atoms with Crippen LogP contribution < -0.4 is 5.32 Å². The van der Waals surface area contributed by atoms with Gasteiger partial charge < -0.3 is 5.32 Å². The number of aromatic nitrogens is 2. The predicted molar refractivity (Wildman–Crippen MR) is 42.5 cm³/mol. The van der Waals surface area contributed by atoms with E-state index in [1.807, 2.05) is 12.1 Å². The summed E-state index contributed by atoms with van der Waals surface area (Å²) in [6.07, 6.45) is 1.64. The smallest absolute Gasteiger partial charge is 0.0822 e. The minimum absolute atomic E-state index is 0.650. The summed E-state index contributed by atoms with van der Waals surface area (Å²) in [5, 5.41) is 10.4. The first-order valence-electron chi connectivity index (χ1n) is 2.87. The number of thiocarbonyl (C=S) groups is 1. The highest BCUT2D eigenvalue weighted by Crippen LogP contribution is 1.87. The van der Waals surface area contributed by atoms with Crippen molar-refractivity contribution in [1.29, 1.82) is 0 Å². The fraction of sp³-hybridized carbons (Fsp3) is 0.167. The van der Waals surface area contributed by atoms with Crippen LogP contribution in [-0.2, 0) is 6.54 Å². The van der Waals surface area contributed by atoms with E-state index in [1.54, 1.807) is 6.20 Å². The molecule has 0 aliphatic rings. The van der Waals surface area contributed by atoms with Crippen molar-refractivity contribution in [2.45, 2.75) is 6.54 Å². The van der Waals surface area contributed by atoms with Crippen molar-refractivity contribution in [3.8, 4) is 0 Å². The molecule has 0 unspecified atom stereocenters. The van der Waals surface area contributed by atoms with Crippen molar-refractivity contribution in [2.24, 2.45) is 0 Å². The second-order valence-electron chi connectivity index (χ2n) is 1.71. The largest absolute Gasteiger partial charge is 0.376 e. The third kappa shape index (κ3) is 2.06. The lowest BCUT2D eigenvalue weighted by molar-refractivity contribution is 0.844. The first-order valence-corrected chi connectivity index (χ1v) is 3.34. The van der Waals surface area contributed by atoms with Crippen LogP contribution in [0.2, 0.25) is 0 Å². The van der Waals surface area contributed by atoms with Gasteiger partial charge in [0.1, 0.15) is 0 Å². The van der Waals surface area contributed by atoms with Crippen molar-refractivity contribution in [3.63, 3.8) is 0 Å². The molecule has 0 radical (unpaired) electrons. The van der Waals surface area contributed by atoms with Crippen LogP contribution >= 0.6 is 12.2 Å². The molecule has 1 heterocycles. The molecule has 0 aliphatic heterocycles. The van der Waals surface area contributed by atoms with Gasteiger partial charge >= 0.3 is 0 Å². The summed E-state index contributed by atoms with van der Waals surface area (Å²) < 4.78 is 0. The van der Waals surface area contributed by atoms with Crippen LogP contribution in [-0.4, -0.2) is 15.7 Å². The van der Waals surface area contributed by atoms with E-state index in [-0.39, 0.29) is 0 Å². The van der Waals surface area contributed by atoms with Gasteiger partial charge in [-0.05, 0) is 12.1 Å². The minimum atomic E-state index is 0.650. The van der Waals surface area contributed by atoms with Crippen LogP contribution in [0.3, 0.4) is 0 Å². The molecule has 0 fully saturated rings. The Bertz CT molecular complexity index is 199. The summed E-state index contributed by atoms with van der Waals surface area (Å²) in [5.74, 6) is 0. The SMILES string of the molecule is S=CNCc1cccnn1. The van der Waals surface area contributed by atoms with Crippen molar-refractivity contribution in [1.82, 2.24) is 15.5 Å². The van der Waals surface area contributed by atoms with E-state index >= 15 is 0 Å². The van der Waals surface area contributed by atoms with E-state index in [0.717, 1.165) is 5.69 Å². The Morgan fingerprint density at radius 3 is 3.20 bits per heavy atom. The van der Waals surface area contributed by atoms with Crippen LogP contribution in [0.25, 0.3) is 0 Å². The lowest BCUT2D eigenvalue weighted by Crippen LogP contribution is -2.09. The molecule has 0 aliphatic carbocycles. The second-order valence-corrected chi connectivity index (χ2v) is 1.95. The molecule has 1 rings (SSSR count). The molecular formula is C6H7N3S. The van der Waals surface area contributed by atoms with Crippen molar-refractivity contribution >= 4 is 17.7 Å². The highest BCUT2D eigenvalue weighted by atomic mass is 32.1. The highest BCUT2D eigenvalue weighted by molar-refractivity contribution is 7.78. The summed E-state index contributed by atoms with van der Waals surface area (Å²) in [5.41, 5.74) is 2.36. The average molecular weight is 153 g/mol. The molecule has 0 saturated heterocycles. The lowest BCUT2D eigenvalue weighted by atomic mass is 10.4. The molecular weight excluding hydrogens is 146 g/mol. The normalized spacial score (nSPS) is 8.80. The minimum Gasteiger partial charge on any atom is -0.376 e. The van der Waals surface area contributed by atoms with Gasteiger partial charge in [0.2, 0.25) is 0 Å². The van der Waals surface area contributed by atoms with Crippen molar-refractivity contribution in [2.75, 3.05) is 0 Å². The fourth-order valence-electron chi connectivity index (χ4n) is 0.574. The lowest BCUT2D eigenvalue weighted by Gasteiger charge is -1.95. The molecule has 0 atom stereocenters. The van der Waals surface area contributed by atoms with E-state index in [1.165, 1.54) is 5.49 Å². The molecule has 10 heavy (non-hydrogen) atoms. The molecule has 52 valence electrons. The molecule has 0 saturated carbocycles. The Morgan fingerprint density at radius 2 is 2.60 bits per heavy atom. The third-order valence-electron chi connectivity index (χ3n) is 0.994. The zero-order valence-corrected chi connectivity index (χ0v) is 6.14. The monoisotopic (exact) mass is 153 g/mol. The number of hydrogen-bond donors (Lipinski definition) is 1. The zero-order chi connectivity index (χ0) is 7.23. The van der Waals surface area contributed by atoms with Gasteiger partial charge in [-0.2, -0.15) is 10.2 Å². The summed E-state index contributed by atoms with van der Waals surface area (Å²) in [6.45, 7) is 0.650. The molecule has 0 spiro atoms. The molecule has 4 heteroatoms. The summed E-state index contributed by atoms with van der Waals surface area (Å²) >= 11 is 4.57. The Morgan fingerprint density at radius 1 is 1.70 bits per heavy atom. The maximum Gasteiger partial charge on any atom is 0.0822 e. The van der Waals surface area contributed by atoms with Gasteiger partial charge in [-0.25, -0.2) is 0 Å². The van der Waals surface area contributed by atoms with Crippen molar-refractivity contribution < 1.29 is 0 Å². The average Bonchev–Trinajstić information content (AvgIpc) is 2.03. The maximum atomic E-state index is 4.57. The summed E-state index contributed by atoms with van der Waals surface area (Å²) in [4.78, 5) is 0. The zero-order valence-electron chi connectivity index (χ0n) is 5.32. The van der Waals surface area contributed by atoms with Crippen LogP contribution in [0, 0.1) is 0 Å². The van der Waals surface area contributed by atoms with Crippen LogP contribution in [0.15, 0.2) is 18.3 Å². The Kier molecular flexibility index (Phi) is 2.76. The molecule has 0 amide bonds. The topological polar surface area (TPSA) is 37.8 Å². The molecule has 0 aromatic carbocycles. The van der Waals surface area contributed by atoms with Gasteiger partial charge in [-0.1, -0.05) is 12.2 Å². The van der Waals surface area contributed by atoms with E-state index in [9.17, 15) is 0 Å². The fourth-order valence-corrected chi connectivity index (χ4v) is 0.657. The number of hydrogen-bond acceptors (Lipinski definition) is 3. The Balaban J connectivity index is 2.50. The quantitative estimate of drug-likeness (QED) is 0.642. The van der Waals surface area contributed by atoms with Crippen LogP contribution in [0.4, 0.5) is 0 Å². The number of nitrogens with one attached hydrogen (secondary N) is 1. The van der Waals surface area contributed by atoms with Crippen molar-refractivity contribution in [3.05, 3.63) is 24.0 Å². The molecule has 1 N–H and O–H groups in total. The number of nitrogens with zero attached hydrogens (tertiary/aromatic N) is 2. The first kappa shape index (κ1) is 7.08. The third-order valence-corrected chi connectivity index (χ3v) is 1.16. The second kappa shape index (κ2) is 3.90.